The molecular weight excluding hydrogens is 387 g/mol. The number of carbonyl (C=O) groups is 1. The number of halogens is 2. The number of anilines is 2. The normalized spacial score (nSPS) is 10.2. The maximum Gasteiger partial charge on any atom is 0.195 e. The smallest absolute Gasteiger partial charge is 0.195 e. The lowest BCUT2D eigenvalue weighted by molar-refractivity contribution is 0.103. The molecule has 6 heteroatoms. The van der Waals surface area contributed by atoms with Gasteiger partial charge in [0.2, 0.25) is 0 Å². The van der Waals surface area contributed by atoms with Crippen LogP contribution in [0.15, 0.2) is 72.8 Å². The molecule has 2 N–H and O–H groups in total. The van der Waals surface area contributed by atoms with Gasteiger partial charge in [-0.15, -0.1) is 0 Å². The number of hydrogen-bond donors (Lipinski definition) is 2. The average Bonchev–Trinajstić information content (AvgIpc) is 2.65. The summed E-state index contributed by atoms with van der Waals surface area (Å²) in [5.74, 6) is -0.0824. The zero-order valence-electron chi connectivity index (χ0n) is 13.5. The zero-order valence-corrected chi connectivity index (χ0v) is 15.8. The molecule has 0 saturated heterocycles. The standard InChI is InChI=1S/C20H14Cl2N2OS/c21-14-10-11-18(16(22)12-14)24-20(26)23-17-9-5-4-8-15(17)19(25)13-6-2-1-3-7-13/h1-12H,(H2,23,24,26). The second-order valence-electron chi connectivity index (χ2n) is 5.44. The van der Waals surface area contributed by atoms with E-state index in [0.29, 0.717) is 37.7 Å². The highest BCUT2D eigenvalue weighted by atomic mass is 35.5. The Kier molecular flexibility index (Phi) is 5.89. The Morgan fingerprint density at radius 3 is 2.19 bits per heavy atom. The van der Waals surface area contributed by atoms with Crippen molar-refractivity contribution in [2.75, 3.05) is 10.6 Å². The van der Waals surface area contributed by atoms with Gasteiger partial charge in [0.25, 0.3) is 0 Å². The molecule has 26 heavy (non-hydrogen) atoms. The number of nitrogens with one attached hydrogen (secondary N) is 2. The van der Waals surface area contributed by atoms with Gasteiger partial charge >= 0.3 is 0 Å². The van der Waals surface area contributed by atoms with Crippen molar-refractivity contribution in [1.29, 1.82) is 0 Å². The third-order valence-corrected chi connectivity index (χ3v) is 4.39. The van der Waals surface area contributed by atoms with Gasteiger partial charge in [-0.3, -0.25) is 4.79 Å². The lowest BCUT2D eigenvalue weighted by Gasteiger charge is -2.14. The van der Waals surface area contributed by atoms with E-state index in [9.17, 15) is 4.79 Å². The topological polar surface area (TPSA) is 41.1 Å². The van der Waals surface area contributed by atoms with E-state index in [4.69, 9.17) is 35.4 Å². The highest BCUT2D eigenvalue weighted by Gasteiger charge is 2.14. The summed E-state index contributed by atoms with van der Waals surface area (Å²) in [6, 6.07) is 21.4. The number of carbonyl (C=O) groups excluding carboxylic acids is 1. The molecule has 0 aliphatic heterocycles. The molecule has 0 spiro atoms. The first-order chi connectivity index (χ1) is 12.5. The fourth-order valence-corrected chi connectivity index (χ4v) is 3.08. The summed E-state index contributed by atoms with van der Waals surface area (Å²) < 4.78 is 0. The van der Waals surface area contributed by atoms with Crippen LogP contribution in [0.3, 0.4) is 0 Å². The monoisotopic (exact) mass is 400 g/mol. The van der Waals surface area contributed by atoms with Gasteiger partial charge < -0.3 is 10.6 Å². The fourth-order valence-electron chi connectivity index (χ4n) is 2.40. The molecule has 0 radical (unpaired) electrons. The van der Waals surface area contributed by atoms with Crippen molar-refractivity contribution in [3.8, 4) is 0 Å². The van der Waals surface area contributed by atoms with Gasteiger partial charge in [0.1, 0.15) is 0 Å². The van der Waals surface area contributed by atoms with E-state index < -0.39 is 0 Å². The van der Waals surface area contributed by atoms with Crippen LogP contribution in [-0.4, -0.2) is 10.9 Å². The van der Waals surface area contributed by atoms with Crippen molar-refractivity contribution in [1.82, 2.24) is 0 Å². The van der Waals surface area contributed by atoms with Crippen LogP contribution < -0.4 is 10.6 Å². The first kappa shape index (κ1) is 18.4. The molecule has 0 fully saturated rings. The van der Waals surface area contributed by atoms with Crippen molar-refractivity contribution < 1.29 is 4.79 Å². The van der Waals surface area contributed by atoms with Gasteiger partial charge in [-0.05, 0) is 42.5 Å². The minimum absolute atomic E-state index is 0.0824. The van der Waals surface area contributed by atoms with Crippen molar-refractivity contribution in [2.45, 2.75) is 0 Å². The Balaban J connectivity index is 1.80. The molecule has 0 aliphatic rings. The predicted molar refractivity (Wildman–Crippen MR) is 113 cm³/mol. The van der Waals surface area contributed by atoms with Crippen LogP contribution in [0, 0.1) is 0 Å². The Morgan fingerprint density at radius 2 is 1.46 bits per heavy atom. The number of benzene rings is 3. The molecule has 3 rings (SSSR count). The molecule has 0 amide bonds. The largest absolute Gasteiger partial charge is 0.332 e. The van der Waals surface area contributed by atoms with Gasteiger partial charge in [-0.1, -0.05) is 65.7 Å². The molecule has 3 aromatic carbocycles. The third kappa shape index (κ3) is 4.41. The number of thiocarbonyl (C=S) groups is 1. The summed E-state index contributed by atoms with van der Waals surface area (Å²) in [5, 5.41) is 7.39. The van der Waals surface area contributed by atoms with E-state index in [1.165, 1.54) is 0 Å². The summed E-state index contributed by atoms with van der Waals surface area (Å²) in [7, 11) is 0. The van der Waals surface area contributed by atoms with Crippen LogP contribution >= 0.6 is 35.4 Å². The zero-order chi connectivity index (χ0) is 18.5. The van der Waals surface area contributed by atoms with Crippen LogP contribution in [0.1, 0.15) is 15.9 Å². The van der Waals surface area contributed by atoms with E-state index in [1.807, 2.05) is 30.3 Å². The van der Waals surface area contributed by atoms with Gasteiger partial charge in [0.05, 0.1) is 16.4 Å². The number of rotatable bonds is 4. The van der Waals surface area contributed by atoms with Crippen LogP contribution in [0.25, 0.3) is 0 Å². The second kappa shape index (κ2) is 8.32. The molecule has 3 nitrogen and oxygen atoms in total. The number of hydrogen-bond acceptors (Lipinski definition) is 2. The molecule has 0 saturated carbocycles. The minimum atomic E-state index is -0.0824. The lowest BCUT2D eigenvalue weighted by Crippen LogP contribution is -2.21. The molecule has 3 aromatic rings. The number of ketones is 1. The first-order valence-corrected chi connectivity index (χ1v) is 8.93. The van der Waals surface area contributed by atoms with Crippen LogP contribution in [0.4, 0.5) is 11.4 Å². The van der Waals surface area contributed by atoms with Gasteiger partial charge in [-0.2, -0.15) is 0 Å². The summed E-state index contributed by atoms with van der Waals surface area (Å²) >= 11 is 17.4. The van der Waals surface area contributed by atoms with Crippen LogP contribution in [-0.2, 0) is 0 Å². The SMILES string of the molecule is O=C(c1ccccc1)c1ccccc1NC(=S)Nc1ccc(Cl)cc1Cl. The quantitative estimate of drug-likeness (QED) is 0.414. The second-order valence-corrected chi connectivity index (χ2v) is 6.70. The van der Waals surface area contributed by atoms with Gasteiger partial charge in [0.15, 0.2) is 10.9 Å². The van der Waals surface area contributed by atoms with Crippen molar-refractivity contribution >= 4 is 57.7 Å². The summed E-state index contributed by atoms with van der Waals surface area (Å²) in [6.07, 6.45) is 0. The molecule has 0 unspecified atom stereocenters. The maximum atomic E-state index is 12.8. The number of para-hydroxylation sites is 1. The molecule has 0 atom stereocenters. The summed E-state index contributed by atoms with van der Waals surface area (Å²) in [6.45, 7) is 0. The Morgan fingerprint density at radius 1 is 0.808 bits per heavy atom. The Labute approximate surface area is 167 Å². The molecule has 0 bridgehead atoms. The minimum Gasteiger partial charge on any atom is -0.332 e. The van der Waals surface area contributed by atoms with E-state index in [1.54, 1.807) is 42.5 Å². The predicted octanol–water partition coefficient (Wildman–Crippen LogP) is 6.03. The van der Waals surface area contributed by atoms with Gasteiger partial charge in [-0.25, -0.2) is 0 Å². The molecular formula is C20H14Cl2N2OS. The Hall–Kier alpha value is -2.40. The molecule has 0 heterocycles. The van der Waals surface area contributed by atoms with E-state index in [0.717, 1.165) is 0 Å². The van der Waals surface area contributed by atoms with E-state index in [2.05, 4.69) is 10.6 Å². The first-order valence-electron chi connectivity index (χ1n) is 7.76. The average molecular weight is 401 g/mol. The Bertz CT molecular complexity index is 961. The van der Waals surface area contributed by atoms with E-state index >= 15 is 0 Å². The highest BCUT2D eigenvalue weighted by molar-refractivity contribution is 7.80. The van der Waals surface area contributed by atoms with Crippen LogP contribution in [0.5, 0.6) is 0 Å². The summed E-state index contributed by atoms with van der Waals surface area (Å²) in [5.41, 5.74) is 2.38. The third-order valence-electron chi connectivity index (χ3n) is 3.64. The van der Waals surface area contributed by atoms with Crippen molar-refractivity contribution in [3.05, 3.63) is 94.0 Å². The fraction of sp³-hybridized carbons (Fsp3) is 0. The summed E-state index contributed by atoms with van der Waals surface area (Å²) in [4.78, 5) is 12.8. The van der Waals surface area contributed by atoms with Gasteiger partial charge in [0, 0.05) is 16.1 Å². The maximum absolute atomic E-state index is 12.8. The molecule has 130 valence electrons. The molecule has 0 aromatic heterocycles. The van der Waals surface area contributed by atoms with Crippen molar-refractivity contribution in [2.24, 2.45) is 0 Å². The van der Waals surface area contributed by atoms with E-state index in [-0.39, 0.29) is 5.78 Å². The van der Waals surface area contributed by atoms with Crippen LogP contribution in [0.2, 0.25) is 10.0 Å². The molecule has 0 aliphatic carbocycles. The lowest BCUT2D eigenvalue weighted by atomic mass is 10.0. The van der Waals surface area contributed by atoms with Crippen molar-refractivity contribution in [3.63, 3.8) is 0 Å². The highest BCUT2D eigenvalue weighted by Crippen LogP contribution is 2.26.